The second-order valence-electron chi connectivity index (χ2n) is 10.9. The number of fused-ring (bicyclic) bond motifs is 1. The number of benzene rings is 3. The monoisotopic (exact) mass is 499 g/mol. The molecule has 194 valence electrons. The Bertz CT molecular complexity index is 1230. The van der Waals surface area contributed by atoms with E-state index in [4.69, 9.17) is 4.74 Å². The van der Waals surface area contributed by atoms with Gasteiger partial charge < -0.3 is 20.3 Å². The van der Waals surface area contributed by atoms with Crippen molar-refractivity contribution in [1.29, 1.82) is 0 Å². The van der Waals surface area contributed by atoms with Crippen LogP contribution in [0.1, 0.15) is 64.9 Å². The van der Waals surface area contributed by atoms with Crippen LogP contribution in [-0.4, -0.2) is 41.0 Å². The van der Waals surface area contributed by atoms with E-state index in [0.717, 1.165) is 48.8 Å². The van der Waals surface area contributed by atoms with Crippen LogP contribution in [0.4, 0.5) is 0 Å². The molecule has 0 saturated heterocycles. The summed E-state index contributed by atoms with van der Waals surface area (Å²) in [5, 5.41) is 24.1. The van der Waals surface area contributed by atoms with Gasteiger partial charge >= 0.3 is 5.97 Å². The van der Waals surface area contributed by atoms with Gasteiger partial charge in [0.05, 0.1) is 24.4 Å². The first-order chi connectivity index (χ1) is 17.8. The average Bonchev–Trinajstić information content (AvgIpc) is 3.54. The number of carboxylic acids is 1. The highest BCUT2D eigenvalue weighted by molar-refractivity contribution is 5.91. The van der Waals surface area contributed by atoms with Crippen LogP contribution in [0.15, 0.2) is 66.7 Å². The summed E-state index contributed by atoms with van der Waals surface area (Å²) in [5.41, 5.74) is 6.92. The lowest BCUT2D eigenvalue weighted by molar-refractivity contribution is -0.00355. The number of carboxylic acid groups (broad SMARTS) is 1. The van der Waals surface area contributed by atoms with Gasteiger partial charge in [0.15, 0.2) is 0 Å². The molecular weight excluding hydrogens is 462 g/mol. The second kappa shape index (κ2) is 10.8. The molecule has 3 aromatic carbocycles. The molecule has 5 nitrogen and oxygen atoms in total. The Morgan fingerprint density at radius 1 is 1.03 bits per heavy atom. The Balaban J connectivity index is 1.19. The molecule has 0 spiro atoms. The van der Waals surface area contributed by atoms with E-state index in [9.17, 15) is 15.0 Å². The number of aliphatic hydroxyl groups is 1. The van der Waals surface area contributed by atoms with Crippen LogP contribution in [0, 0.1) is 12.8 Å². The number of rotatable bonds is 11. The van der Waals surface area contributed by atoms with Crippen molar-refractivity contribution in [3.8, 4) is 11.1 Å². The van der Waals surface area contributed by atoms with Gasteiger partial charge in [0, 0.05) is 12.1 Å². The fourth-order valence-corrected chi connectivity index (χ4v) is 6.04. The summed E-state index contributed by atoms with van der Waals surface area (Å²) in [4.78, 5) is 11.8. The van der Waals surface area contributed by atoms with Crippen molar-refractivity contribution in [2.24, 2.45) is 5.92 Å². The smallest absolute Gasteiger partial charge is 0.335 e. The van der Waals surface area contributed by atoms with Gasteiger partial charge in [0.1, 0.15) is 0 Å². The van der Waals surface area contributed by atoms with Gasteiger partial charge in [-0.2, -0.15) is 0 Å². The first-order valence-corrected chi connectivity index (χ1v) is 13.4. The van der Waals surface area contributed by atoms with Crippen molar-refractivity contribution in [3.05, 3.63) is 94.5 Å². The highest BCUT2D eigenvalue weighted by Crippen LogP contribution is 2.44. The van der Waals surface area contributed by atoms with Crippen LogP contribution >= 0.6 is 0 Å². The summed E-state index contributed by atoms with van der Waals surface area (Å²) in [5.74, 6) is -0.281. The molecule has 0 heterocycles. The molecule has 0 aromatic heterocycles. The lowest BCUT2D eigenvalue weighted by Crippen LogP contribution is -2.40. The molecule has 2 aliphatic carbocycles. The normalized spacial score (nSPS) is 17.8. The molecule has 3 aromatic rings. The van der Waals surface area contributed by atoms with Gasteiger partial charge in [0.2, 0.25) is 0 Å². The molecule has 2 aliphatic rings. The quantitative estimate of drug-likeness (QED) is 0.314. The SMILES string of the molecule is Cc1c(C(=O)O)ccc(-c2ccccc2)c1[C@@H](C)OC[C@@H](O)CNC1(CC2Cc3ccccc3C2)CC1. The van der Waals surface area contributed by atoms with Crippen molar-refractivity contribution < 1.29 is 19.7 Å². The molecule has 0 amide bonds. The molecule has 0 aliphatic heterocycles. The zero-order chi connectivity index (χ0) is 26.0. The summed E-state index contributed by atoms with van der Waals surface area (Å²) in [6.45, 7) is 4.44. The molecule has 3 N–H and O–H groups in total. The van der Waals surface area contributed by atoms with Crippen LogP contribution in [0.2, 0.25) is 0 Å². The summed E-state index contributed by atoms with van der Waals surface area (Å²) >= 11 is 0. The molecule has 0 unspecified atom stereocenters. The minimum Gasteiger partial charge on any atom is -0.478 e. The zero-order valence-corrected chi connectivity index (χ0v) is 21.7. The van der Waals surface area contributed by atoms with Gasteiger partial charge in [-0.1, -0.05) is 60.7 Å². The second-order valence-corrected chi connectivity index (χ2v) is 10.9. The van der Waals surface area contributed by atoms with Crippen molar-refractivity contribution in [2.45, 2.75) is 63.7 Å². The summed E-state index contributed by atoms with van der Waals surface area (Å²) in [6.07, 6.45) is 4.77. The third-order valence-electron chi connectivity index (χ3n) is 8.16. The van der Waals surface area contributed by atoms with Gasteiger partial charge in [-0.15, -0.1) is 0 Å². The van der Waals surface area contributed by atoms with Crippen LogP contribution in [0.25, 0.3) is 11.1 Å². The molecule has 5 heteroatoms. The Morgan fingerprint density at radius 3 is 2.30 bits per heavy atom. The first-order valence-electron chi connectivity index (χ1n) is 13.4. The van der Waals surface area contributed by atoms with Crippen molar-refractivity contribution >= 4 is 5.97 Å². The number of hydrogen-bond donors (Lipinski definition) is 3. The van der Waals surface area contributed by atoms with Crippen LogP contribution < -0.4 is 5.32 Å². The predicted molar refractivity (Wildman–Crippen MR) is 146 cm³/mol. The number of ether oxygens (including phenoxy) is 1. The zero-order valence-electron chi connectivity index (χ0n) is 21.7. The van der Waals surface area contributed by atoms with Gasteiger partial charge in [-0.3, -0.25) is 0 Å². The largest absolute Gasteiger partial charge is 0.478 e. The minimum atomic E-state index is -0.949. The van der Waals surface area contributed by atoms with Crippen molar-refractivity contribution in [2.75, 3.05) is 13.2 Å². The standard InChI is InChI=1S/C32H37NO4/c1-21-28(31(35)36)12-13-29(24-8-4-3-5-9-24)30(21)22(2)37-20-27(34)19-33-32(14-15-32)18-23-16-25-10-6-7-11-26(25)17-23/h3-13,22-23,27,33-34H,14-20H2,1-2H3,(H,35,36)/t22-,27+/m1/s1. The first kappa shape index (κ1) is 25.7. The molecule has 0 bridgehead atoms. The third kappa shape index (κ3) is 5.80. The fourth-order valence-electron chi connectivity index (χ4n) is 6.04. The molecular formula is C32H37NO4. The average molecular weight is 500 g/mol. The number of β-amino-alcohol motifs (C(OH)–C–C–N with tert-alkyl or cyclic N) is 1. The molecule has 37 heavy (non-hydrogen) atoms. The fraction of sp³-hybridized carbons (Fsp3) is 0.406. The van der Waals surface area contributed by atoms with E-state index in [1.165, 1.54) is 11.1 Å². The maximum absolute atomic E-state index is 11.8. The summed E-state index contributed by atoms with van der Waals surface area (Å²) < 4.78 is 6.15. The van der Waals surface area contributed by atoms with E-state index in [1.807, 2.05) is 50.2 Å². The van der Waals surface area contributed by atoms with E-state index in [-0.39, 0.29) is 23.8 Å². The third-order valence-corrected chi connectivity index (χ3v) is 8.16. The molecule has 5 rings (SSSR count). The highest BCUT2D eigenvalue weighted by atomic mass is 16.5. The Morgan fingerprint density at radius 2 is 1.68 bits per heavy atom. The Hall–Kier alpha value is -2.99. The predicted octanol–water partition coefficient (Wildman–Crippen LogP) is 5.73. The van der Waals surface area contributed by atoms with Crippen LogP contribution in [0.3, 0.4) is 0 Å². The van der Waals surface area contributed by atoms with E-state index in [2.05, 4.69) is 29.6 Å². The van der Waals surface area contributed by atoms with Gasteiger partial charge in [0.25, 0.3) is 0 Å². The number of nitrogens with one attached hydrogen (secondary N) is 1. The van der Waals surface area contributed by atoms with E-state index >= 15 is 0 Å². The number of aliphatic hydroxyl groups excluding tert-OH is 1. The van der Waals surface area contributed by atoms with E-state index < -0.39 is 12.1 Å². The van der Waals surface area contributed by atoms with E-state index in [1.54, 1.807) is 6.07 Å². The maximum atomic E-state index is 11.8. The topological polar surface area (TPSA) is 78.8 Å². The summed E-state index contributed by atoms with van der Waals surface area (Å²) in [6, 6.07) is 22.2. The summed E-state index contributed by atoms with van der Waals surface area (Å²) in [7, 11) is 0. The lowest BCUT2D eigenvalue weighted by Gasteiger charge is -2.25. The van der Waals surface area contributed by atoms with Crippen molar-refractivity contribution in [1.82, 2.24) is 5.32 Å². The maximum Gasteiger partial charge on any atom is 0.335 e. The molecule has 0 radical (unpaired) electrons. The van der Waals surface area contributed by atoms with Crippen LogP contribution in [0.5, 0.6) is 0 Å². The van der Waals surface area contributed by atoms with Crippen LogP contribution in [-0.2, 0) is 17.6 Å². The van der Waals surface area contributed by atoms with E-state index in [0.29, 0.717) is 18.0 Å². The number of hydrogen-bond acceptors (Lipinski definition) is 4. The molecule has 1 fully saturated rings. The molecule has 1 saturated carbocycles. The van der Waals surface area contributed by atoms with Gasteiger partial charge in [-0.25, -0.2) is 4.79 Å². The van der Waals surface area contributed by atoms with Crippen molar-refractivity contribution in [3.63, 3.8) is 0 Å². The lowest BCUT2D eigenvalue weighted by atomic mass is 9.90. The minimum absolute atomic E-state index is 0.145. The Labute approximate surface area is 219 Å². The molecule has 2 atom stereocenters. The van der Waals surface area contributed by atoms with Gasteiger partial charge in [-0.05, 0) is 91.3 Å². The number of carbonyl (C=O) groups is 1. The number of aromatic carboxylic acids is 1. The Kier molecular flexibility index (Phi) is 7.47. The highest BCUT2D eigenvalue weighted by Gasteiger charge is 2.44.